The fourth-order valence-electron chi connectivity index (χ4n) is 4.04. The Hall–Kier alpha value is -3.19. The largest absolute Gasteiger partial charge is 0.442 e. The molecule has 1 aromatic rings. The number of hydroxylamine groups is 2. The van der Waals surface area contributed by atoms with Gasteiger partial charge in [-0.2, -0.15) is 0 Å². The Bertz CT molecular complexity index is 921. The molecule has 0 aliphatic carbocycles. The molecule has 186 valence electrons. The Balaban J connectivity index is 1.42. The summed E-state index contributed by atoms with van der Waals surface area (Å²) in [6.07, 6.45) is -1.37. The lowest BCUT2D eigenvalue weighted by Gasteiger charge is -2.31. The molecule has 0 bridgehead atoms. The molecule has 3 fully saturated rings. The number of carbonyl (C=O) groups is 3. The zero-order valence-corrected chi connectivity index (χ0v) is 18.8. The minimum Gasteiger partial charge on any atom is -0.442 e. The van der Waals surface area contributed by atoms with Gasteiger partial charge in [-0.15, -0.1) is 0 Å². The molecule has 0 radical (unpaired) electrons. The van der Waals surface area contributed by atoms with Crippen LogP contribution in [-0.4, -0.2) is 99.7 Å². The zero-order chi connectivity index (χ0) is 24.2. The summed E-state index contributed by atoms with van der Waals surface area (Å²) in [5.74, 6) is -1.97. The molecule has 3 aliphatic rings. The molecular formula is C21H27F2N5O6. The molecule has 3 heterocycles. The van der Waals surface area contributed by atoms with Crippen LogP contribution in [0.15, 0.2) is 12.1 Å². The fourth-order valence-corrected chi connectivity index (χ4v) is 4.04. The van der Waals surface area contributed by atoms with Crippen molar-refractivity contribution in [2.24, 2.45) is 0 Å². The van der Waals surface area contributed by atoms with Crippen molar-refractivity contribution in [1.29, 1.82) is 0 Å². The van der Waals surface area contributed by atoms with Gasteiger partial charge in [0.15, 0.2) is 11.6 Å². The molecule has 0 saturated carbocycles. The molecule has 4 amide bonds. The van der Waals surface area contributed by atoms with Crippen molar-refractivity contribution in [3.63, 3.8) is 0 Å². The predicted octanol–water partition coefficient (Wildman–Crippen LogP) is 0.932. The molecule has 34 heavy (non-hydrogen) atoms. The lowest BCUT2D eigenvalue weighted by atomic mass is 10.2. The number of nitrogens with zero attached hydrogens (tertiary/aromatic N) is 4. The van der Waals surface area contributed by atoms with E-state index in [1.807, 2.05) is 0 Å². The van der Waals surface area contributed by atoms with Crippen molar-refractivity contribution >= 4 is 29.4 Å². The second-order valence-electron chi connectivity index (χ2n) is 8.12. The number of amides is 4. The molecule has 0 aromatic heterocycles. The first-order valence-electron chi connectivity index (χ1n) is 11.1. The third kappa shape index (κ3) is 5.30. The van der Waals surface area contributed by atoms with E-state index in [2.05, 4.69) is 5.32 Å². The van der Waals surface area contributed by atoms with E-state index in [0.717, 1.165) is 17.0 Å². The summed E-state index contributed by atoms with van der Waals surface area (Å²) in [4.78, 5) is 45.6. The highest BCUT2D eigenvalue weighted by Crippen LogP contribution is 2.31. The average Bonchev–Trinajstić information content (AvgIpc) is 3.02. The molecule has 3 aliphatic heterocycles. The molecule has 0 unspecified atom stereocenters. The number of ether oxygens (including phenoxy) is 2. The first kappa shape index (κ1) is 24.0. The molecular weight excluding hydrogens is 456 g/mol. The Kier molecular flexibility index (Phi) is 7.32. The van der Waals surface area contributed by atoms with Gasteiger partial charge in [0, 0.05) is 45.2 Å². The van der Waals surface area contributed by atoms with Gasteiger partial charge >= 0.3 is 12.1 Å². The SMILES string of the molecule is CC(=O)NC[C@H]1CN(c2cc(F)c(N3CCON(C(=O)N4CCOCC4)CC3)c(F)c2)C(=O)O1. The Morgan fingerprint density at radius 3 is 2.44 bits per heavy atom. The number of nitrogens with one attached hydrogen (secondary N) is 1. The number of morpholine rings is 1. The molecule has 1 N–H and O–H groups in total. The maximum absolute atomic E-state index is 15.0. The first-order valence-corrected chi connectivity index (χ1v) is 11.1. The summed E-state index contributed by atoms with van der Waals surface area (Å²) in [7, 11) is 0. The summed E-state index contributed by atoms with van der Waals surface area (Å²) < 4.78 is 40.5. The Morgan fingerprint density at radius 1 is 1.06 bits per heavy atom. The molecule has 1 atom stereocenters. The van der Waals surface area contributed by atoms with Crippen molar-refractivity contribution in [3.8, 4) is 0 Å². The summed E-state index contributed by atoms with van der Waals surface area (Å²) in [6, 6.07) is 1.84. The van der Waals surface area contributed by atoms with Gasteiger partial charge < -0.3 is 24.6 Å². The van der Waals surface area contributed by atoms with E-state index in [1.54, 1.807) is 4.90 Å². The monoisotopic (exact) mass is 483 g/mol. The first-order chi connectivity index (χ1) is 16.3. The molecule has 3 saturated heterocycles. The average molecular weight is 483 g/mol. The second-order valence-corrected chi connectivity index (χ2v) is 8.12. The van der Waals surface area contributed by atoms with E-state index in [9.17, 15) is 14.4 Å². The predicted molar refractivity (Wildman–Crippen MR) is 115 cm³/mol. The van der Waals surface area contributed by atoms with Crippen LogP contribution in [0.4, 0.5) is 29.7 Å². The summed E-state index contributed by atoms with van der Waals surface area (Å²) in [6.45, 7) is 3.83. The maximum atomic E-state index is 15.0. The summed E-state index contributed by atoms with van der Waals surface area (Å²) in [5, 5.41) is 3.76. The standard InChI is InChI=1S/C21H27F2N5O6/c1-14(29)24-12-16-13-27(21(31)34-16)15-10-17(22)19(18(23)11-15)25-2-3-28(33-9-6-25)20(30)26-4-7-32-8-5-26/h10-11,16H,2-9,12-13H2,1H3,(H,24,29)/t16-/m0/s1. The van der Waals surface area contributed by atoms with Crippen LogP contribution in [0.2, 0.25) is 0 Å². The van der Waals surface area contributed by atoms with Crippen LogP contribution in [0.5, 0.6) is 0 Å². The van der Waals surface area contributed by atoms with E-state index >= 15 is 8.78 Å². The molecule has 11 nitrogen and oxygen atoms in total. The summed E-state index contributed by atoms with van der Waals surface area (Å²) >= 11 is 0. The van der Waals surface area contributed by atoms with Crippen LogP contribution >= 0.6 is 0 Å². The van der Waals surface area contributed by atoms with Gasteiger partial charge in [-0.05, 0) is 0 Å². The highest BCUT2D eigenvalue weighted by atomic mass is 19.1. The van der Waals surface area contributed by atoms with Gasteiger partial charge in [0.05, 0.1) is 45.1 Å². The second kappa shape index (κ2) is 10.4. The normalized spacial score (nSPS) is 21.4. The van der Waals surface area contributed by atoms with Crippen LogP contribution < -0.4 is 15.1 Å². The van der Waals surface area contributed by atoms with Gasteiger partial charge in [0.1, 0.15) is 11.8 Å². The van der Waals surface area contributed by atoms with E-state index in [4.69, 9.17) is 14.3 Å². The van der Waals surface area contributed by atoms with Gasteiger partial charge in [0.25, 0.3) is 0 Å². The minimum atomic E-state index is -0.846. The van der Waals surface area contributed by atoms with Crippen molar-refractivity contribution in [2.75, 3.05) is 75.4 Å². The van der Waals surface area contributed by atoms with Crippen LogP contribution in [0.3, 0.4) is 0 Å². The van der Waals surface area contributed by atoms with Crippen LogP contribution in [0.25, 0.3) is 0 Å². The third-order valence-electron chi connectivity index (χ3n) is 5.76. The number of halogens is 2. The highest BCUT2D eigenvalue weighted by Gasteiger charge is 2.34. The van der Waals surface area contributed by atoms with Crippen molar-refractivity contribution < 1.29 is 37.5 Å². The molecule has 4 rings (SSSR count). The number of benzene rings is 1. The van der Waals surface area contributed by atoms with Crippen molar-refractivity contribution in [2.45, 2.75) is 13.0 Å². The number of carbonyl (C=O) groups excluding carboxylic acids is 3. The third-order valence-corrected chi connectivity index (χ3v) is 5.76. The molecule has 13 heteroatoms. The Labute approximate surface area is 195 Å². The number of hydrogen-bond acceptors (Lipinski definition) is 7. The quantitative estimate of drug-likeness (QED) is 0.680. The molecule has 1 aromatic carbocycles. The van der Waals surface area contributed by atoms with Crippen LogP contribution in [-0.2, 0) is 19.1 Å². The van der Waals surface area contributed by atoms with E-state index in [-0.39, 0.29) is 62.6 Å². The smallest absolute Gasteiger partial charge is 0.414 e. The lowest BCUT2D eigenvalue weighted by Crippen LogP contribution is -2.48. The van der Waals surface area contributed by atoms with Gasteiger partial charge in [-0.3, -0.25) is 14.5 Å². The number of urea groups is 1. The number of hydrogen-bond donors (Lipinski definition) is 1. The maximum Gasteiger partial charge on any atom is 0.414 e. The lowest BCUT2D eigenvalue weighted by molar-refractivity contribution is -0.119. The zero-order valence-electron chi connectivity index (χ0n) is 18.8. The van der Waals surface area contributed by atoms with Crippen molar-refractivity contribution in [3.05, 3.63) is 23.8 Å². The number of rotatable bonds is 4. The van der Waals surface area contributed by atoms with Gasteiger partial charge in [-0.1, -0.05) is 0 Å². The van der Waals surface area contributed by atoms with Gasteiger partial charge in [0.2, 0.25) is 5.91 Å². The minimum absolute atomic E-state index is 0.0178. The van der Waals surface area contributed by atoms with E-state index in [0.29, 0.717) is 26.3 Å². The topological polar surface area (TPSA) is 104 Å². The van der Waals surface area contributed by atoms with Crippen LogP contribution in [0.1, 0.15) is 6.92 Å². The van der Waals surface area contributed by atoms with E-state index in [1.165, 1.54) is 16.9 Å². The highest BCUT2D eigenvalue weighted by molar-refractivity contribution is 5.90. The molecule has 0 spiro atoms. The van der Waals surface area contributed by atoms with Crippen molar-refractivity contribution in [1.82, 2.24) is 15.3 Å². The van der Waals surface area contributed by atoms with Crippen LogP contribution in [0, 0.1) is 11.6 Å². The van der Waals surface area contributed by atoms with Gasteiger partial charge in [-0.25, -0.2) is 23.4 Å². The summed E-state index contributed by atoms with van der Waals surface area (Å²) in [5.41, 5.74) is -0.236. The number of anilines is 2. The van der Waals surface area contributed by atoms with E-state index < -0.39 is 23.8 Å². The fraction of sp³-hybridized carbons (Fsp3) is 0.571. The Morgan fingerprint density at radius 2 is 1.76 bits per heavy atom. The number of cyclic esters (lactones) is 1.